The summed E-state index contributed by atoms with van der Waals surface area (Å²) in [5.74, 6) is 5.52. The molecule has 0 atom stereocenters. The molecule has 0 nitrogen and oxygen atoms in total. The number of rotatable bonds is 0. The lowest BCUT2D eigenvalue weighted by Gasteiger charge is -1.63. The molecule has 0 aliphatic rings. The van der Waals surface area contributed by atoms with Crippen molar-refractivity contribution in [3.8, 4) is 23.2 Å². The van der Waals surface area contributed by atoms with Crippen molar-refractivity contribution in [3.63, 3.8) is 0 Å². The van der Waals surface area contributed by atoms with Crippen LogP contribution in [-0.4, -0.2) is 0 Å². The summed E-state index contributed by atoms with van der Waals surface area (Å²) in [6, 6.07) is 0. The van der Waals surface area contributed by atoms with Gasteiger partial charge in [-0.15, -0.1) is 11.8 Å². The van der Waals surface area contributed by atoms with Crippen LogP contribution in [0, 0.1) is 23.2 Å². The van der Waals surface area contributed by atoms with Crippen molar-refractivity contribution >= 4 is 8.58 Å². The molecular weight excluding hydrogens is 103 g/mol. The maximum absolute atomic E-state index is 2.85. The summed E-state index contributed by atoms with van der Waals surface area (Å²) in [6.07, 6.45) is 0. The maximum atomic E-state index is 2.85. The Bertz CT molecular complexity index is 119. The molecule has 1 heteroatoms. The van der Waals surface area contributed by atoms with Gasteiger partial charge in [0, 0.05) is 8.58 Å². The second-order valence-corrected chi connectivity index (χ2v) is 1.62. The van der Waals surface area contributed by atoms with Gasteiger partial charge in [-0.1, -0.05) is 11.3 Å². The van der Waals surface area contributed by atoms with E-state index in [1.54, 1.807) is 0 Å². The summed E-state index contributed by atoms with van der Waals surface area (Å²) < 4.78 is 0. The second kappa shape index (κ2) is 5.55. The molecule has 0 aromatic carbocycles. The van der Waals surface area contributed by atoms with E-state index in [0.717, 1.165) is 0 Å². The van der Waals surface area contributed by atoms with E-state index < -0.39 is 0 Å². The Morgan fingerprint density at radius 1 is 1.00 bits per heavy atom. The molecule has 0 bridgehead atoms. The lowest BCUT2D eigenvalue weighted by molar-refractivity contribution is 1.93. The Labute approximate surface area is 46.5 Å². The van der Waals surface area contributed by atoms with Crippen LogP contribution in [0.2, 0.25) is 0 Å². The van der Waals surface area contributed by atoms with Gasteiger partial charge in [-0.2, -0.15) is 0 Å². The molecule has 0 N–H and O–H groups in total. The molecular formula is C6H7P. The van der Waals surface area contributed by atoms with Crippen molar-refractivity contribution in [1.82, 2.24) is 0 Å². The third-order valence-corrected chi connectivity index (χ3v) is 1.12. The van der Waals surface area contributed by atoms with E-state index in [0.29, 0.717) is 8.58 Å². The number of hydrogen-bond donors (Lipinski definition) is 0. The van der Waals surface area contributed by atoms with E-state index in [2.05, 4.69) is 23.2 Å². The molecule has 0 saturated carbocycles. The van der Waals surface area contributed by atoms with Crippen LogP contribution < -0.4 is 0 Å². The first-order chi connectivity index (χ1) is 3.41. The van der Waals surface area contributed by atoms with Crippen LogP contribution in [0.15, 0.2) is 0 Å². The topological polar surface area (TPSA) is 0 Å². The Hall–Kier alpha value is -0.450. The van der Waals surface area contributed by atoms with Gasteiger partial charge in [0.05, 0.1) is 0 Å². The Balaban J connectivity index is 3.21. The van der Waals surface area contributed by atoms with E-state index in [1.807, 2.05) is 13.8 Å². The lowest BCUT2D eigenvalue weighted by atomic mass is 10.8. The van der Waals surface area contributed by atoms with Crippen LogP contribution in [0.3, 0.4) is 0 Å². The fraction of sp³-hybridized carbons (Fsp3) is 0.333. The second-order valence-electron chi connectivity index (χ2n) is 0.875. The lowest BCUT2D eigenvalue weighted by Crippen LogP contribution is -1.37. The average Bonchev–Trinajstić information content (AvgIpc) is 1.69. The minimum absolute atomic E-state index is 0.510. The van der Waals surface area contributed by atoms with E-state index >= 15 is 0 Å². The molecule has 0 amide bonds. The standard InChI is InChI=1S/C6H7P/c1-3-5-7-6-4-2/h7H,1-2H3. The minimum atomic E-state index is 0.510. The van der Waals surface area contributed by atoms with Gasteiger partial charge in [-0.25, -0.2) is 0 Å². The molecule has 36 valence electrons. The first kappa shape index (κ1) is 6.55. The predicted molar refractivity (Wildman–Crippen MR) is 35.2 cm³/mol. The Morgan fingerprint density at radius 2 is 1.43 bits per heavy atom. The highest BCUT2D eigenvalue weighted by Crippen LogP contribution is 2.00. The van der Waals surface area contributed by atoms with Gasteiger partial charge in [0.15, 0.2) is 0 Å². The van der Waals surface area contributed by atoms with Crippen molar-refractivity contribution < 1.29 is 0 Å². The molecule has 7 heavy (non-hydrogen) atoms. The van der Waals surface area contributed by atoms with E-state index in [-0.39, 0.29) is 0 Å². The molecule has 0 aromatic rings. The summed E-state index contributed by atoms with van der Waals surface area (Å²) in [6.45, 7) is 3.65. The van der Waals surface area contributed by atoms with E-state index in [1.165, 1.54) is 0 Å². The smallest absolute Gasteiger partial charge is 0.0358 e. The molecule has 0 aliphatic heterocycles. The van der Waals surface area contributed by atoms with Crippen LogP contribution in [-0.2, 0) is 0 Å². The fourth-order valence-corrected chi connectivity index (χ4v) is 0.469. The molecule has 0 spiro atoms. The monoisotopic (exact) mass is 110 g/mol. The molecule has 0 rings (SSSR count). The van der Waals surface area contributed by atoms with E-state index in [4.69, 9.17) is 0 Å². The first-order valence-electron chi connectivity index (χ1n) is 2.00. The number of hydrogen-bond acceptors (Lipinski definition) is 0. The van der Waals surface area contributed by atoms with Gasteiger partial charge < -0.3 is 0 Å². The first-order valence-corrected chi connectivity index (χ1v) is 3.00. The summed E-state index contributed by atoms with van der Waals surface area (Å²) in [4.78, 5) is 0. The van der Waals surface area contributed by atoms with Gasteiger partial charge in [0.2, 0.25) is 0 Å². The molecule has 0 radical (unpaired) electrons. The highest BCUT2D eigenvalue weighted by molar-refractivity contribution is 7.49. The molecule has 0 aliphatic carbocycles. The van der Waals surface area contributed by atoms with Crippen molar-refractivity contribution in [2.24, 2.45) is 0 Å². The summed E-state index contributed by atoms with van der Waals surface area (Å²) in [5.41, 5.74) is 5.71. The van der Waals surface area contributed by atoms with Crippen LogP contribution in [0.1, 0.15) is 13.8 Å². The van der Waals surface area contributed by atoms with Crippen molar-refractivity contribution in [2.75, 3.05) is 0 Å². The van der Waals surface area contributed by atoms with E-state index in [9.17, 15) is 0 Å². The van der Waals surface area contributed by atoms with Crippen molar-refractivity contribution in [3.05, 3.63) is 0 Å². The van der Waals surface area contributed by atoms with Gasteiger partial charge in [-0.3, -0.25) is 0 Å². The SMILES string of the molecule is CC#CPC#CC. The van der Waals surface area contributed by atoms with Crippen LogP contribution in [0.4, 0.5) is 0 Å². The third kappa shape index (κ3) is 5.55. The van der Waals surface area contributed by atoms with Gasteiger partial charge in [-0.05, 0) is 13.8 Å². The zero-order valence-electron chi connectivity index (χ0n) is 4.50. The van der Waals surface area contributed by atoms with Crippen LogP contribution in [0.5, 0.6) is 0 Å². The molecule has 0 saturated heterocycles. The maximum Gasteiger partial charge on any atom is 0.0358 e. The molecule has 0 aromatic heterocycles. The zero-order chi connectivity index (χ0) is 5.54. The average molecular weight is 110 g/mol. The Kier molecular flexibility index (Phi) is 5.19. The van der Waals surface area contributed by atoms with Crippen molar-refractivity contribution in [2.45, 2.75) is 13.8 Å². The highest BCUT2D eigenvalue weighted by atomic mass is 31.1. The summed E-state index contributed by atoms with van der Waals surface area (Å²) in [5, 5.41) is 0. The third-order valence-electron chi connectivity index (χ3n) is 0.375. The van der Waals surface area contributed by atoms with Crippen LogP contribution >= 0.6 is 8.58 Å². The summed E-state index contributed by atoms with van der Waals surface area (Å²) >= 11 is 0. The molecule has 0 fully saturated rings. The van der Waals surface area contributed by atoms with Gasteiger partial charge in [0.1, 0.15) is 0 Å². The van der Waals surface area contributed by atoms with Gasteiger partial charge >= 0.3 is 0 Å². The van der Waals surface area contributed by atoms with Gasteiger partial charge in [0.25, 0.3) is 0 Å². The predicted octanol–water partition coefficient (Wildman–Crippen LogP) is 1.63. The summed E-state index contributed by atoms with van der Waals surface area (Å²) in [7, 11) is 0.510. The quantitative estimate of drug-likeness (QED) is 0.328. The molecule has 0 heterocycles. The fourth-order valence-electron chi connectivity index (χ4n) is 0.156. The van der Waals surface area contributed by atoms with Crippen molar-refractivity contribution in [1.29, 1.82) is 0 Å². The Morgan fingerprint density at radius 3 is 1.71 bits per heavy atom. The zero-order valence-corrected chi connectivity index (χ0v) is 5.50. The molecule has 0 unspecified atom stereocenters. The minimum Gasteiger partial charge on any atom is -0.101 e. The highest BCUT2D eigenvalue weighted by Gasteiger charge is 1.57. The largest absolute Gasteiger partial charge is 0.101 e. The normalized spacial score (nSPS) is 4.86. The van der Waals surface area contributed by atoms with Crippen LogP contribution in [0.25, 0.3) is 0 Å².